The van der Waals surface area contributed by atoms with E-state index in [9.17, 15) is 9.59 Å². The second-order valence-corrected chi connectivity index (χ2v) is 6.09. The molecule has 0 spiro atoms. The highest BCUT2D eigenvalue weighted by Crippen LogP contribution is 2.37. The van der Waals surface area contributed by atoms with Crippen LogP contribution in [-0.4, -0.2) is 25.5 Å². The van der Waals surface area contributed by atoms with Crippen LogP contribution in [0.15, 0.2) is 40.9 Å². The number of amides is 2. The van der Waals surface area contributed by atoms with Crippen molar-refractivity contribution < 1.29 is 19.1 Å². The summed E-state index contributed by atoms with van der Waals surface area (Å²) in [6.07, 6.45) is 0.860. The SMILES string of the molecule is CCCOc1c(Br)cc(C(=O)Nc2ccc(C(N)=O)cc2)cc1OC. The molecule has 2 aromatic rings. The maximum Gasteiger partial charge on any atom is 0.255 e. The van der Waals surface area contributed by atoms with E-state index in [4.69, 9.17) is 15.2 Å². The van der Waals surface area contributed by atoms with Gasteiger partial charge < -0.3 is 20.5 Å². The lowest BCUT2D eigenvalue weighted by atomic mass is 10.1. The average Bonchev–Trinajstić information content (AvgIpc) is 2.60. The Kier molecular flexibility index (Phi) is 6.41. The van der Waals surface area contributed by atoms with Gasteiger partial charge in [0, 0.05) is 16.8 Å². The Bertz CT molecular complexity index is 775. The summed E-state index contributed by atoms with van der Waals surface area (Å²) in [7, 11) is 1.52. The molecule has 25 heavy (non-hydrogen) atoms. The van der Waals surface area contributed by atoms with E-state index in [2.05, 4.69) is 21.2 Å². The number of halogens is 1. The highest BCUT2D eigenvalue weighted by molar-refractivity contribution is 9.10. The quantitative estimate of drug-likeness (QED) is 0.734. The summed E-state index contributed by atoms with van der Waals surface area (Å²) in [5, 5.41) is 2.76. The van der Waals surface area contributed by atoms with Crippen molar-refractivity contribution in [3.05, 3.63) is 52.0 Å². The van der Waals surface area contributed by atoms with Crippen molar-refractivity contribution in [1.29, 1.82) is 0 Å². The lowest BCUT2D eigenvalue weighted by Crippen LogP contribution is -2.14. The number of benzene rings is 2. The Morgan fingerprint density at radius 1 is 1.16 bits per heavy atom. The number of carbonyl (C=O) groups excluding carboxylic acids is 2. The van der Waals surface area contributed by atoms with E-state index in [0.717, 1.165) is 6.42 Å². The van der Waals surface area contributed by atoms with Crippen LogP contribution < -0.4 is 20.5 Å². The van der Waals surface area contributed by atoms with Gasteiger partial charge >= 0.3 is 0 Å². The second kappa shape index (κ2) is 8.53. The fourth-order valence-electron chi connectivity index (χ4n) is 2.12. The molecule has 0 fully saturated rings. The van der Waals surface area contributed by atoms with Crippen molar-refractivity contribution >= 4 is 33.4 Å². The van der Waals surface area contributed by atoms with Crippen LogP contribution in [0.5, 0.6) is 11.5 Å². The fourth-order valence-corrected chi connectivity index (χ4v) is 2.67. The summed E-state index contributed by atoms with van der Waals surface area (Å²) >= 11 is 3.41. The van der Waals surface area contributed by atoms with Gasteiger partial charge in [0.15, 0.2) is 11.5 Å². The number of carbonyl (C=O) groups is 2. The van der Waals surface area contributed by atoms with Crippen molar-refractivity contribution in [2.24, 2.45) is 5.73 Å². The molecule has 2 aromatic carbocycles. The van der Waals surface area contributed by atoms with Gasteiger partial charge in [0.1, 0.15) is 0 Å². The largest absolute Gasteiger partial charge is 0.493 e. The number of hydrogen-bond donors (Lipinski definition) is 2. The third-order valence-electron chi connectivity index (χ3n) is 3.37. The summed E-state index contributed by atoms with van der Waals surface area (Å²) in [5.41, 5.74) is 6.53. The van der Waals surface area contributed by atoms with E-state index >= 15 is 0 Å². The monoisotopic (exact) mass is 406 g/mol. The zero-order valence-corrected chi connectivity index (χ0v) is 15.6. The molecular formula is C18H19BrN2O4. The molecule has 2 rings (SSSR count). The summed E-state index contributed by atoms with van der Waals surface area (Å²) in [6.45, 7) is 2.55. The molecule has 0 aromatic heterocycles. The molecule has 0 atom stereocenters. The number of rotatable bonds is 7. The van der Waals surface area contributed by atoms with Gasteiger partial charge in [-0.2, -0.15) is 0 Å². The summed E-state index contributed by atoms with van der Waals surface area (Å²) in [5.74, 6) is 0.200. The molecular weight excluding hydrogens is 388 g/mol. The van der Waals surface area contributed by atoms with Crippen LogP contribution in [0.1, 0.15) is 34.1 Å². The first-order valence-corrected chi connectivity index (χ1v) is 8.47. The molecule has 0 bridgehead atoms. The number of methoxy groups -OCH3 is 1. The number of nitrogens with two attached hydrogens (primary N) is 1. The van der Waals surface area contributed by atoms with Gasteiger partial charge in [-0.25, -0.2) is 0 Å². The van der Waals surface area contributed by atoms with E-state index in [1.165, 1.54) is 7.11 Å². The molecule has 0 aliphatic carbocycles. The minimum absolute atomic E-state index is 0.312. The van der Waals surface area contributed by atoms with Crippen LogP contribution in [0.25, 0.3) is 0 Å². The molecule has 0 heterocycles. The number of anilines is 1. The molecule has 3 N–H and O–H groups in total. The van der Waals surface area contributed by atoms with Crippen molar-refractivity contribution in [3.8, 4) is 11.5 Å². The lowest BCUT2D eigenvalue weighted by molar-refractivity contribution is 0.0998. The van der Waals surface area contributed by atoms with E-state index < -0.39 is 5.91 Å². The third-order valence-corrected chi connectivity index (χ3v) is 3.96. The molecule has 7 heteroatoms. The smallest absolute Gasteiger partial charge is 0.255 e. The van der Waals surface area contributed by atoms with Crippen molar-refractivity contribution in [2.75, 3.05) is 19.0 Å². The number of ether oxygens (including phenoxy) is 2. The maximum absolute atomic E-state index is 12.5. The van der Waals surface area contributed by atoms with Gasteiger partial charge in [-0.15, -0.1) is 0 Å². The van der Waals surface area contributed by atoms with E-state index in [0.29, 0.717) is 39.4 Å². The molecule has 0 radical (unpaired) electrons. The first kappa shape index (κ1) is 18.8. The highest BCUT2D eigenvalue weighted by Gasteiger charge is 2.16. The molecule has 0 unspecified atom stereocenters. The Hall–Kier alpha value is -2.54. The summed E-state index contributed by atoms with van der Waals surface area (Å²) in [6, 6.07) is 9.61. The minimum atomic E-state index is -0.519. The maximum atomic E-state index is 12.5. The van der Waals surface area contributed by atoms with Crippen LogP contribution in [0, 0.1) is 0 Å². The van der Waals surface area contributed by atoms with Crippen LogP contribution in [-0.2, 0) is 0 Å². The van der Waals surface area contributed by atoms with Gasteiger partial charge in [0.25, 0.3) is 5.91 Å². The lowest BCUT2D eigenvalue weighted by Gasteiger charge is -2.14. The van der Waals surface area contributed by atoms with Gasteiger partial charge in [0.2, 0.25) is 5.91 Å². The third kappa shape index (κ3) is 4.73. The summed E-state index contributed by atoms with van der Waals surface area (Å²) in [4.78, 5) is 23.5. The number of nitrogens with one attached hydrogen (secondary N) is 1. The van der Waals surface area contributed by atoms with Crippen LogP contribution >= 0.6 is 15.9 Å². The van der Waals surface area contributed by atoms with Crippen molar-refractivity contribution in [3.63, 3.8) is 0 Å². The Morgan fingerprint density at radius 2 is 1.84 bits per heavy atom. The first-order chi connectivity index (χ1) is 12.0. The fraction of sp³-hybridized carbons (Fsp3) is 0.222. The van der Waals surface area contributed by atoms with E-state index in [1.807, 2.05) is 6.92 Å². The Balaban J connectivity index is 2.21. The van der Waals surface area contributed by atoms with Gasteiger partial charge in [0.05, 0.1) is 18.2 Å². The van der Waals surface area contributed by atoms with Crippen LogP contribution in [0.2, 0.25) is 0 Å². The molecule has 2 amide bonds. The summed E-state index contributed by atoms with van der Waals surface area (Å²) < 4.78 is 11.6. The molecule has 132 valence electrons. The van der Waals surface area contributed by atoms with E-state index in [-0.39, 0.29) is 5.91 Å². The first-order valence-electron chi connectivity index (χ1n) is 7.67. The van der Waals surface area contributed by atoms with Gasteiger partial charge in [-0.1, -0.05) is 6.92 Å². The number of primary amides is 1. The average molecular weight is 407 g/mol. The van der Waals surface area contributed by atoms with Crippen LogP contribution in [0.4, 0.5) is 5.69 Å². The van der Waals surface area contributed by atoms with Crippen molar-refractivity contribution in [2.45, 2.75) is 13.3 Å². The standard InChI is InChI=1S/C18H19BrN2O4/c1-3-8-25-16-14(19)9-12(10-15(16)24-2)18(23)21-13-6-4-11(5-7-13)17(20)22/h4-7,9-10H,3,8H2,1-2H3,(H2,20,22)(H,21,23). The van der Waals surface area contributed by atoms with E-state index in [1.54, 1.807) is 36.4 Å². The number of hydrogen-bond acceptors (Lipinski definition) is 4. The molecule has 0 aliphatic heterocycles. The predicted octanol–water partition coefficient (Wildman–Crippen LogP) is 3.60. The Labute approximate surface area is 154 Å². The molecule has 6 nitrogen and oxygen atoms in total. The zero-order valence-electron chi connectivity index (χ0n) is 14.0. The highest BCUT2D eigenvalue weighted by atomic mass is 79.9. The Morgan fingerprint density at radius 3 is 2.40 bits per heavy atom. The second-order valence-electron chi connectivity index (χ2n) is 5.23. The zero-order chi connectivity index (χ0) is 18.4. The van der Waals surface area contributed by atoms with Crippen LogP contribution in [0.3, 0.4) is 0 Å². The normalized spacial score (nSPS) is 10.2. The van der Waals surface area contributed by atoms with Crippen molar-refractivity contribution in [1.82, 2.24) is 0 Å². The molecule has 0 aliphatic rings. The van der Waals surface area contributed by atoms with Gasteiger partial charge in [-0.3, -0.25) is 9.59 Å². The molecule has 0 saturated heterocycles. The minimum Gasteiger partial charge on any atom is -0.493 e. The predicted molar refractivity (Wildman–Crippen MR) is 99.4 cm³/mol. The van der Waals surface area contributed by atoms with Gasteiger partial charge in [-0.05, 0) is 58.7 Å². The topological polar surface area (TPSA) is 90.6 Å². The molecule has 0 saturated carbocycles.